The van der Waals surface area contributed by atoms with Crippen LogP contribution >= 0.6 is 11.8 Å². The lowest BCUT2D eigenvalue weighted by molar-refractivity contribution is 0.250. The van der Waals surface area contributed by atoms with E-state index < -0.39 is 0 Å². The van der Waals surface area contributed by atoms with Gasteiger partial charge in [-0.3, -0.25) is 0 Å². The maximum atomic E-state index is 9.03. The molecule has 0 aliphatic heterocycles. The van der Waals surface area contributed by atoms with Crippen LogP contribution in [0.5, 0.6) is 0 Å². The summed E-state index contributed by atoms with van der Waals surface area (Å²) in [6.07, 6.45) is 0. The minimum absolute atomic E-state index is 0.187. The zero-order valence-corrected chi connectivity index (χ0v) is 11.5. The molecule has 0 amide bonds. The van der Waals surface area contributed by atoms with Crippen LogP contribution in [0.1, 0.15) is 33.3 Å². The molecular weight excluding hydrogens is 216 g/mol. The van der Waals surface area contributed by atoms with Gasteiger partial charge in [-0.05, 0) is 23.0 Å². The number of aliphatic hydroxyl groups excluding tert-OH is 1. The van der Waals surface area contributed by atoms with Gasteiger partial charge in [-0.1, -0.05) is 45.9 Å². The van der Waals surface area contributed by atoms with Gasteiger partial charge in [0.25, 0.3) is 0 Å². The molecule has 1 atom stereocenters. The van der Waals surface area contributed by atoms with Crippen molar-refractivity contribution in [2.45, 2.75) is 38.0 Å². The highest BCUT2D eigenvalue weighted by Gasteiger charge is 2.17. The minimum atomic E-state index is 0.187. The fourth-order valence-electron chi connectivity index (χ4n) is 1.50. The van der Waals surface area contributed by atoms with E-state index in [0.29, 0.717) is 5.92 Å². The van der Waals surface area contributed by atoms with E-state index >= 15 is 0 Å². The summed E-state index contributed by atoms with van der Waals surface area (Å²) in [5, 5.41) is 9.03. The maximum Gasteiger partial charge on any atom is 0.0464 e. The topological polar surface area (TPSA) is 20.2 Å². The average molecular weight is 238 g/mol. The Labute approximate surface area is 103 Å². The lowest BCUT2D eigenvalue weighted by Crippen LogP contribution is -2.13. The van der Waals surface area contributed by atoms with Crippen LogP contribution in [-0.2, 0) is 5.41 Å². The largest absolute Gasteiger partial charge is 0.396 e. The van der Waals surface area contributed by atoms with E-state index in [0.717, 1.165) is 5.75 Å². The van der Waals surface area contributed by atoms with Crippen LogP contribution < -0.4 is 0 Å². The van der Waals surface area contributed by atoms with Gasteiger partial charge >= 0.3 is 0 Å². The van der Waals surface area contributed by atoms with Crippen molar-refractivity contribution in [1.82, 2.24) is 0 Å². The van der Waals surface area contributed by atoms with E-state index in [9.17, 15) is 0 Å². The van der Waals surface area contributed by atoms with E-state index in [1.165, 1.54) is 10.5 Å². The summed E-state index contributed by atoms with van der Waals surface area (Å²) >= 11 is 1.85. The summed E-state index contributed by atoms with van der Waals surface area (Å²) in [5.41, 5.74) is 1.58. The number of hydrogen-bond donors (Lipinski definition) is 1. The first-order valence-electron chi connectivity index (χ1n) is 5.78. The molecular formula is C14H22OS. The summed E-state index contributed by atoms with van der Waals surface area (Å²) < 4.78 is 0. The summed E-state index contributed by atoms with van der Waals surface area (Å²) in [7, 11) is 0. The van der Waals surface area contributed by atoms with E-state index in [1.54, 1.807) is 0 Å². The normalized spacial score (nSPS) is 13.8. The Morgan fingerprint density at radius 2 is 1.88 bits per heavy atom. The SMILES string of the molecule is CC(CO)CSc1ccccc1C(C)(C)C. The molecule has 0 aliphatic rings. The quantitative estimate of drug-likeness (QED) is 0.807. The molecule has 1 rings (SSSR count). The van der Waals surface area contributed by atoms with Crippen molar-refractivity contribution >= 4 is 11.8 Å². The third kappa shape index (κ3) is 3.84. The second kappa shape index (κ2) is 5.74. The zero-order valence-electron chi connectivity index (χ0n) is 10.7. The Kier molecular flexibility index (Phi) is 4.88. The molecule has 0 bridgehead atoms. The molecule has 1 unspecified atom stereocenters. The van der Waals surface area contributed by atoms with Gasteiger partial charge in [-0.25, -0.2) is 0 Å². The van der Waals surface area contributed by atoms with Crippen LogP contribution in [-0.4, -0.2) is 17.5 Å². The minimum Gasteiger partial charge on any atom is -0.396 e. The molecule has 0 spiro atoms. The first kappa shape index (κ1) is 13.6. The Morgan fingerprint density at radius 3 is 2.44 bits per heavy atom. The fraction of sp³-hybridized carbons (Fsp3) is 0.571. The molecule has 1 nitrogen and oxygen atoms in total. The van der Waals surface area contributed by atoms with E-state index in [4.69, 9.17) is 5.11 Å². The summed E-state index contributed by atoms with van der Waals surface area (Å²) in [4.78, 5) is 1.34. The molecule has 2 heteroatoms. The van der Waals surface area contributed by atoms with Crippen LogP contribution in [0.3, 0.4) is 0 Å². The molecule has 0 heterocycles. The lowest BCUT2D eigenvalue weighted by atomic mass is 9.87. The number of aliphatic hydroxyl groups is 1. The molecule has 0 aliphatic carbocycles. The second-order valence-electron chi connectivity index (χ2n) is 5.34. The van der Waals surface area contributed by atoms with Crippen molar-refractivity contribution in [3.8, 4) is 0 Å². The van der Waals surface area contributed by atoms with Crippen LogP contribution in [0, 0.1) is 5.92 Å². The van der Waals surface area contributed by atoms with Crippen LogP contribution in [0.4, 0.5) is 0 Å². The Bertz CT molecular complexity index is 328. The zero-order chi connectivity index (χ0) is 12.2. The second-order valence-corrected chi connectivity index (χ2v) is 6.41. The number of rotatable bonds is 4. The van der Waals surface area contributed by atoms with Crippen molar-refractivity contribution in [2.75, 3.05) is 12.4 Å². The molecule has 1 aromatic rings. The van der Waals surface area contributed by atoms with E-state index in [1.807, 2.05) is 11.8 Å². The third-order valence-corrected chi connectivity index (χ3v) is 3.93. The Hall–Kier alpha value is -0.470. The van der Waals surface area contributed by atoms with Crippen LogP contribution in [0.2, 0.25) is 0 Å². The number of benzene rings is 1. The molecule has 1 N–H and O–H groups in total. The first-order valence-corrected chi connectivity index (χ1v) is 6.77. The first-order chi connectivity index (χ1) is 7.45. The monoisotopic (exact) mass is 238 g/mol. The Balaban J connectivity index is 2.80. The molecule has 0 saturated heterocycles. The van der Waals surface area contributed by atoms with Crippen LogP contribution in [0.15, 0.2) is 29.2 Å². The molecule has 90 valence electrons. The van der Waals surface area contributed by atoms with Crippen molar-refractivity contribution in [3.05, 3.63) is 29.8 Å². The average Bonchev–Trinajstić information content (AvgIpc) is 2.25. The fourth-order valence-corrected chi connectivity index (χ4v) is 2.77. The third-order valence-electron chi connectivity index (χ3n) is 2.53. The molecule has 0 saturated carbocycles. The smallest absolute Gasteiger partial charge is 0.0464 e. The van der Waals surface area contributed by atoms with Gasteiger partial charge in [0.1, 0.15) is 0 Å². The van der Waals surface area contributed by atoms with Crippen molar-refractivity contribution in [1.29, 1.82) is 0 Å². The van der Waals surface area contributed by atoms with Crippen molar-refractivity contribution in [3.63, 3.8) is 0 Å². The van der Waals surface area contributed by atoms with Crippen molar-refractivity contribution in [2.24, 2.45) is 5.92 Å². The summed E-state index contributed by atoms with van der Waals surface area (Å²) in [6, 6.07) is 8.56. The number of hydrogen-bond acceptors (Lipinski definition) is 2. The van der Waals surface area contributed by atoms with E-state index in [-0.39, 0.29) is 12.0 Å². The highest BCUT2D eigenvalue weighted by molar-refractivity contribution is 7.99. The lowest BCUT2D eigenvalue weighted by Gasteiger charge is -2.22. The van der Waals surface area contributed by atoms with Gasteiger partial charge in [-0.15, -0.1) is 11.8 Å². The molecule has 1 aromatic carbocycles. The summed E-state index contributed by atoms with van der Waals surface area (Å²) in [6.45, 7) is 9.06. The molecule has 0 radical (unpaired) electrons. The molecule has 16 heavy (non-hydrogen) atoms. The predicted molar refractivity (Wildman–Crippen MR) is 72.1 cm³/mol. The van der Waals surface area contributed by atoms with Gasteiger partial charge in [0, 0.05) is 17.3 Å². The predicted octanol–water partition coefficient (Wildman–Crippen LogP) is 3.70. The van der Waals surface area contributed by atoms with Gasteiger partial charge in [0.05, 0.1) is 0 Å². The highest BCUT2D eigenvalue weighted by atomic mass is 32.2. The maximum absolute atomic E-state index is 9.03. The highest BCUT2D eigenvalue weighted by Crippen LogP contribution is 2.32. The molecule has 0 aromatic heterocycles. The summed E-state index contributed by atoms with van der Waals surface area (Å²) in [5.74, 6) is 1.34. The van der Waals surface area contributed by atoms with Crippen LogP contribution in [0.25, 0.3) is 0 Å². The molecule has 0 fully saturated rings. The van der Waals surface area contributed by atoms with Gasteiger partial charge in [0.2, 0.25) is 0 Å². The standard InChI is InChI=1S/C14H22OS/c1-11(9-15)10-16-13-8-6-5-7-12(13)14(2,3)4/h5-8,11,15H,9-10H2,1-4H3. The Morgan fingerprint density at radius 1 is 1.25 bits per heavy atom. The van der Waals surface area contributed by atoms with Gasteiger partial charge in [0.15, 0.2) is 0 Å². The number of thioether (sulfide) groups is 1. The van der Waals surface area contributed by atoms with Crippen molar-refractivity contribution < 1.29 is 5.11 Å². The van der Waals surface area contributed by atoms with Gasteiger partial charge in [-0.2, -0.15) is 0 Å². The van der Waals surface area contributed by atoms with E-state index in [2.05, 4.69) is 52.0 Å². The van der Waals surface area contributed by atoms with Gasteiger partial charge < -0.3 is 5.11 Å².